The molecule has 0 aliphatic carbocycles. The van der Waals surface area contributed by atoms with Gasteiger partial charge in [0.2, 0.25) is 10.0 Å². The quantitative estimate of drug-likeness (QED) is 0.765. The van der Waals surface area contributed by atoms with Gasteiger partial charge in [-0.25, -0.2) is 13.1 Å². The van der Waals surface area contributed by atoms with Crippen molar-refractivity contribution in [2.75, 3.05) is 20.2 Å². The average Bonchev–Trinajstić information content (AvgIpc) is 2.43. The number of benzene rings is 1. The van der Waals surface area contributed by atoms with Crippen LogP contribution in [0.25, 0.3) is 0 Å². The minimum atomic E-state index is -3.46. The van der Waals surface area contributed by atoms with E-state index in [0.29, 0.717) is 24.8 Å². The smallest absolute Gasteiger partial charge is 0.240 e. The van der Waals surface area contributed by atoms with Gasteiger partial charge >= 0.3 is 0 Å². The lowest BCUT2D eigenvalue weighted by atomic mass is 10.2. The van der Waals surface area contributed by atoms with Crippen LogP contribution < -0.4 is 14.8 Å². The largest absolute Gasteiger partial charge is 0.493 e. The maximum Gasteiger partial charge on any atom is 0.240 e. The summed E-state index contributed by atoms with van der Waals surface area (Å²) in [5.74, 6) is 1.12. The van der Waals surface area contributed by atoms with Gasteiger partial charge in [0, 0.05) is 12.6 Å². The second kappa shape index (κ2) is 7.61. The van der Waals surface area contributed by atoms with Gasteiger partial charge in [-0.05, 0) is 44.2 Å². The van der Waals surface area contributed by atoms with Crippen molar-refractivity contribution in [3.05, 3.63) is 24.3 Å². The van der Waals surface area contributed by atoms with Crippen molar-refractivity contribution in [3.63, 3.8) is 0 Å². The standard InChI is InChI=1S/C14H24N2O3S/c1-11(2)10-19-13-5-7-14(8-6-13)20(17,18)16-9-12(3)15-4/h5-8,11-12,15-16H,9-10H2,1-4H3. The first-order chi connectivity index (χ1) is 9.35. The van der Waals surface area contributed by atoms with E-state index in [9.17, 15) is 8.42 Å². The van der Waals surface area contributed by atoms with Crippen molar-refractivity contribution >= 4 is 10.0 Å². The highest BCUT2D eigenvalue weighted by Crippen LogP contribution is 2.16. The summed E-state index contributed by atoms with van der Waals surface area (Å²) in [6.45, 7) is 7.00. The summed E-state index contributed by atoms with van der Waals surface area (Å²) in [5, 5.41) is 2.98. The fourth-order valence-electron chi connectivity index (χ4n) is 1.40. The zero-order valence-corrected chi connectivity index (χ0v) is 13.3. The van der Waals surface area contributed by atoms with Crippen LogP contribution >= 0.6 is 0 Å². The van der Waals surface area contributed by atoms with Crippen LogP contribution in [0.2, 0.25) is 0 Å². The van der Waals surface area contributed by atoms with Crippen molar-refractivity contribution in [2.45, 2.75) is 31.7 Å². The lowest BCUT2D eigenvalue weighted by molar-refractivity contribution is 0.271. The maximum atomic E-state index is 12.1. The molecule has 0 saturated carbocycles. The van der Waals surface area contributed by atoms with Gasteiger partial charge in [0.1, 0.15) is 5.75 Å². The molecule has 1 unspecified atom stereocenters. The second-order valence-corrected chi connectivity index (χ2v) is 6.98. The van der Waals surface area contributed by atoms with Gasteiger partial charge in [-0.1, -0.05) is 13.8 Å². The van der Waals surface area contributed by atoms with Gasteiger partial charge in [0.15, 0.2) is 0 Å². The fourth-order valence-corrected chi connectivity index (χ4v) is 2.53. The van der Waals surface area contributed by atoms with Gasteiger partial charge in [0.25, 0.3) is 0 Å². The Labute approximate surface area is 121 Å². The average molecular weight is 300 g/mol. The third-order valence-electron chi connectivity index (χ3n) is 2.79. The SMILES string of the molecule is CNC(C)CNS(=O)(=O)c1ccc(OCC(C)C)cc1. The Morgan fingerprint density at radius 1 is 1.15 bits per heavy atom. The molecule has 0 spiro atoms. The van der Waals surface area contributed by atoms with Crippen LogP contribution in [-0.2, 0) is 10.0 Å². The van der Waals surface area contributed by atoms with Gasteiger partial charge in [0.05, 0.1) is 11.5 Å². The Morgan fingerprint density at radius 3 is 2.25 bits per heavy atom. The van der Waals surface area contributed by atoms with Crippen molar-refractivity contribution in [1.82, 2.24) is 10.0 Å². The molecule has 0 aromatic heterocycles. The summed E-state index contributed by atoms with van der Waals surface area (Å²) in [6.07, 6.45) is 0. The van der Waals surface area contributed by atoms with E-state index in [0.717, 1.165) is 0 Å². The molecule has 6 heteroatoms. The third-order valence-corrected chi connectivity index (χ3v) is 4.23. The highest BCUT2D eigenvalue weighted by Gasteiger charge is 2.14. The summed E-state index contributed by atoms with van der Waals surface area (Å²) in [6, 6.07) is 6.56. The molecule has 114 valence electrons. The van der Waals surface area contributed by atoms with Crippen molar-refractivity contribution < 1.29 is 13.2 Å². The van der Waals surface area contributed by atoms with Gasteiger partial charge in [-0.15, -0.1) is 0 Å². The van der Waals surface area contributed by atoms with Crippen LogP contribution in [0.1, 0.15) is 20.8 Å². The Kier molecular flexibility index (Phi) is 6.45. The summed E-state index contributed by atoms with van der Waals surface area (Å²) in [7, 11) is -1.67. The Bertz CT molecular complexity index is 498. The molecule has 0 bridgehead atoms. The van der Waals surface area contributed by atoms with Gasteiger partial charge in [-0.2, -0.15) is 0 Å². The predicted molar refractivity (Wildman–Crippen MR) is 80.5 cm³/mol. The van der Waals surface area contributed by atoms with Crippen molar-refractivity contribution in [2.24, 2.45) is 5.92 Å². The first-order valence-corrected chi connectivity index (χ1v) is 8.23. The Morgan fingerprint density at radius 2 is 1.75 bits per heavy atom. The maximum absolute atomic E-state index is 12.1. The first kappa shape index (κ1) is 16.9. The monoisotopic (exact) mass is 300 g/mol. The molecule has 0 aliphatic rings. The molecule has 0 radical (unpaired) electrons. The number of hydrogen-bond donors (Lipinski definition) is 2. The van der Waals surface area contributed by atoms with Crippen LogP contribution in [0.5, 0.6) is 5.75 Å². The molecule has 2 N–H and O–H groups in total. The van der Waals surface area contributed by atoms with Gasteiger partial charge < -0.3 is 10.1 Å². The van der Waals surface area contributed by atoms with E-state index in [1.807, 2.05) is 6.92 Å². The molecule has 20 heavy (non-hydrogen) atoms. The third kappa shape index (κ3) is 5.48. The van der Waals surface area contributed by atoms with E-state index in [-0.39, 0.29) is 10.9 Å². The fraction of sp³-hybridized carbons (Fsp3) is 0.571. The molecule has 0 amide bonds. The molecular formula is C14H24N2O3S. The number of rotatable bonds is 8. The lowest BCUT2D eigenvalue weighted by Gasteiger charge is -2.12. The number of likely N-dealkylation sites (N-methyl/N-ethyl adjacent to an activating group) is 1. The molecule has 0 heterocycles. The van der Waals surface area contributed by atoms with E-state index in [1.165, 1.54) is 0 Å². The molecule has 5 nitrogen and oxygen atoms in total. The molecule has 0 saturated heterocycles. The molecule has 0 fully saturated rings. The van der Waals surface area contributed by atoms with E-state index in [1.54, 1.807) is 31.3 Å². The number of nitrogens with one attached hydrogen (secondary N) is 2. The predicted octanol–water partition coefficient (Wildman–Crippen LogP) is 1.61. The molecular weight excluding hydrogens is 276 g/mol. The number of sulfonamides is 1. The molecule has 1 rings (SSSR count). The summed E-state index contributed by atoms with van der Waals surface area (Å²) >= 11 is 0. The van der Waals surface area contributed by atoms with E-state index in [4.69, 9.17) is 4.74 Å². The normalized spacial score (nSPS) is 13.4. The van der Waals surface area contributed by atoms with Crippen molar-refractivity contribution in [1.29, 1.82) is 0 Å². The molecule has 0 aliphatic heterocycles. The van der Waals surface area contributed by atoms with Crippen LogP contribution in [0.15, 0.2) is 29.2 Å². The molecule has 1 atom stereocenters. The van der Waals surface area contributed by atoms with Crippen LogP contribution in [-0.4, -0.2) is 34.7 Å². The van der Waals surface area contributed by atoms with Gasteiger partial charge in [-0.3, -0.25) is 0 Å². The zero-order chi connectivity index (χ0) is 15.2. The van der Waals surface area contributed by atoms with Crippen LogP contribution in [0.4, 0.5) is 0 Å². The highest BCUT2D eigenvalue weighted by molar-refractivity contribution is 7.89. The zero-order valence-electron chi connectivity index (χ0n) is 12.5. The molecule has 1 aromatic rings. The minimum Gasteiger partial charge on any atom is -0.493 e. The highest BCUT2D eigenvalue weighted by atomic mass is 32.2. The minimum absolute atomic E-state index is 0.0819. The summed E-state index contributed by atoms with van der Waals surface area (Å²) < 4.78 is 32.2. The van der Waals surface area contributed by atoms with E-state index >= 15 is 0 Å². The van der Waals surface area contributed by atoms with E-state index in [2.05, 4.69) is 23.9 Å². The molecule has 1 aromatic carbocycles. The number of ether oxygens (including phenoxy) is 1. The second-order valence-electron chi connectivity index (χ2n) is 5.22. The topological polar surface area (TPSA) is 67.4 Å². The van der Waals surface area contributed by atoms with E-state index < -0.39 is 10.0 Å². The first-order valence-electron chi connectivity index (χ1n) is 6.75. The summed E-state index contributed by atoms with van der Waals surface area (Å²) in [4.78, 5) is 0.248. The Hall–Kier alpha value is -1.11. The Balaban J connectivity index is 2.67. The summed E-state index contributed by atoms with van der Waals surface area (Å²) in [5.41, 5.74) is 0. The van der Waals surface area contributed by atoms with Crippen LogP contribution in [0.3, 0.4) is 0 Å². The number of hydrogen-bond acceptors (Lipinski definition) is 4. The van der Waals surface area contributed by atoms with Crippen molar-refractivity contribution in [3.8, 4) is 5.75 Å². The van der Waals surface area contributed by atoms with Crippen LogP contribution in [0, 0.1) is 5.92 Å². The lowest BCUT2D eigenvalue weighted by Crippen LogP contribution is -2.37.